The van der Waals surface area contributed by atoms with Crippen LogP contribution in [0.15, 0.2) is 47.8 Å². The molecule has 2 aromatic rings. The molecule has 0 saturated heterocycles. The van der Waals surface area contributed by atoms with Gasteiger partial charge in [0.2, 0.25) is 0 Å². The molecule has 0 radical (unpaired) electrons. The highest BCUT2D eigenvalue weighted by Gasteiger charge is 2.01. The summed E-state index contributed by atoms with van der Waals surface area (Å²) in [5, 5.41) is 4.34. The van der Waals surface area contributed by atoms with E-state index in [0.717, 1.165) is 36.9 Å². The molecule has 0 saturated carbocycles. The number of nitrogens with one attached hydrogen (secondary N) is 1. The molecule has 0 aliphatic rings. The molecule has 21 heavy (non-hydrogen) atoms. The monoisotopic (exact) mass is 302 g/mol. The number of rotatable bonds is 8. The summed E-state index contributed by atoms with van der Waals surface area (Å²) in [6, 6.07) is 12.5. The number of nitrogens with zero attached hydrogens (tertiary/aromatic N) is 3. The van der Waals surface area contributed by atoms with Crippen LogP contribution >= 0.6 is 11.8 Å². The van der Waals surface area contributed by atoms with E-state index in [0.29, 0.717) is 0 Å². The van der Waals surface area contributed by atoms with Gasteiger partial charge in [0.05, 0.1) is 0 Å². The molecule has 2 rings (SSSR count). The third kappa shape index (κ3) is 5.73. The minimum absolute atomic E-state index is 0.903. The number of hydrogen-bond acceptors (Lipinski definition) is 5. The molecule has 4 nitrogen and oxygen atoms in total. The summed E-state index contributed by atoms with van der Waals surface area (Å²) in [6.45, 7) is 2.97. The zero-order chi connectivity index (χ0) is 14.9. The Morgan fingerprint density at radius 3 is 2.76 bits per heavy atom. The number of benzene rings is 1. The number of hydrogen-bond donors (Lipinski definition) is 1. The van der Waals surface area contributed by atoms with Crippen molar-refractivity contribution in [2.24, 2.45) is 0 Å². The van der Waals surface area contributed by atoms with Crippen molar-refractivity contribution in [1.29, 1.82) is 0 Å². The van der Waals surface area contributed by atoms with E-state index < -0.39 is 0 Å². The third-order valence-electron chi connectivity index (χ3n) is 3.17. The van der Waals surface area contributed by atoms with E-state index in [4.69, 9.17) is 0 Å². The molecule has 5 heteroatoms. The standard InChI is InChI=1S/C16H22N4S/c1-20(12-14-7-4-3-5-8-14)10-6-9-17-15-11-16(21-2)19-13-18-15/h3-5,7-8,11,13H,6,9-10,12H2,1-2H3,(H,17,18,19). The van der Waals surface area contributed by atoms with Crippen LogP contribution in [0.1, 0.15) is 12.0 Å². The molecule has 0 atom stereocenters. The van der Waals surface area contributed by atoms with Crippen LogP contribution in [0.3, 0.4) is 0 Å². The van der Waals surface area contributed by atoms with E-state index in [1.165, 1.54) is 5.56 Å². The zero-order valence-corrected chi connectivity index (χ0v) is 13.4. The van der Waals surface area contributed by atoms with Crippen molar-refractivity contribution in [3.63, 3.8) is 0 Å². The van der Waals surface area contributed by atoms with Gasteiger partial charge in [-0.05, 0) is 31.8 Å². The lowest BCUT2D eigenvalue weighted by molar-refractivity contribution is 0.325. The zero-order valence-electron chi connectivity index (χ0n) is 12.6. The summed E-state index contributed by atoms with van der Waals surface area (Å²) in [5.74, 6) is 0.903. The maximum Gasteiger partial charge on any atom is 0.130 e. The third-order valence-corrected chi connectivity index (χ3v) is 3.81. The lowest BCUT2D eigenvalue weighted by atomic mass is 10.2. The van der Waals surface area contributed by atoms with Gasteiger partial charge in [0.15, 0.2) is 0 Å². The van der Waals surface area contributed by atoms with Gasteiger partial charge < -0.3 is 10.2 Å². The molecule has 1 aromatic heterocycles. The lowest BCUT2D eigenvalue weighted by Crippen LogP contribution is -2.21. The number of anilines is 1. The molecular formula is C16H22N4S. The van der Waals surface area contributed by atoms with E-state index in [1.807, 2.05) is 12.3 Å². The highest BCUT2D eigenvalue weighted by atomic mass is 32.2. The molecule has 0 spiro atoms. The summed E-state index contributed by atoms with van der Waals surface area (Å²) >= 11 is 1.63. The Kier molecular flexibility index (Phi) is 6.50. The van der Waals surface area contributed by atoms with Crippen molar-refractivity contribution in [3.05, 3.63) is 48.3 Å². The average Bonchev–Trinajstić information content (AvgIpc) is 2.53. The first kappa shape index (κ1) is 15.8. The first-order valence-electron chi connectivity index (χ1n) is 7.10. The van der Waals surface area contributed by atoms with Crippen LogP contribution in [0.25, 0.3) is 0 Å². The van der Waals surface area contributed by atoms with Crippen LogP contribution in [0.2, 0.25) is 0 Å². The molecule has 0 amide bonds. The lowest BCUT2D eigenvalue weighted by Gasteiger charge is -2.16. The van der Waals surface area contributed by atoms with E-state index in [2.05, 4.69) is 57.6 Å². The van der Waals surface area contributed by atoms with Crippen LogP contribution < -0.4 is 5.32 Å². The van der Waals surface area contributed by atoms with Crippen molar-refractivity contribution in [2.45, 2.75) is 18.0 Å². The van der Waals surface area contributed by atoms with Crippen LogP contribution in [0, 0.1) is 0 Å². The number of aromatic nitrogens is 2. The van der Waals surface area contributed by atoms with Crippen molar-refractivity contribution in [2.75, 3.05) is 31.7 Å². The SMILES string of the molecule is CSc1cc(NCCCN(C)Cc2ccccc2)ncn1. The van der Waals surface area contributed by atoms with Gasteiger partial charge in [-0.2, -0.15) is 0 Å². The van der Waals surface area contributed by atoms with Crippen molar-refractivity contribution >= 4 is 17.6 Å². The second-order valence-electron chi connectivity index (χ2n) is 4.95. The fourth-order valence-corrected chi connectivity index (χ4v) is 2.47. The highest BCUT2D eigenvalue weighted by Crippen LogP contribution is 2.13. The molecule has 0 unspecified atom stereocenters. The van der Waals surface area contributed by atoms with Gasteiger partial charge in [-0.15, -0.1) is 11.8 Å². The van der Waals surface area contributed by atoms with Gasteiger partial charge in [-0.1, -0.05) is 30.3 Å². The van der Waals surface area contributed by atoms with Crippen molar-refractivity contribution in [3.8, 4) is 0 Å². The molecule has 1 heterocycles. The van der Waals surface area contributed by atoms with Crippen LogP contribution in [-0.2, 0) is 6.54 Å². The highest BCUT2D eigenvalue weighted by molar-refractivity contribution is 7.98. The Morgan fingerprint density at radius 2 is 2.00 bits per heavy atom. The summed E-state index contributed by atoms with van der Waals surface area (Å²) in [6.07, 6.45) is 4.71. The second-order valence-corrected chi connectivity index (χ2v) is 5.78. The topological polar surface area (TPSA) is 41.0 Å². The minimum atomic E-state index is 0.903. The molecular weight excluding hydrogens is 280 g/mol. The van der Waals surface area contributed by atoms with Gasteiger partial charge >= 0.3 is 0 Å². The summed E-state index contributed by atoms with van der Waals surface area (Å²) in [7, 11) is 2.16. The van der Waals surface area contributed by atoms with Gasteiger partial charge in [0, 0.05) is 19.2 Å². The Morgan fingerprint density at radius 1 is 1.19 bits per heavy atom. The van der Waals surface area contributed by atoms with E-state index in [9.17, 15) is 0 Å². The fraction of sp³-hybridized carbons (Fsp3) is 0.375. The maximum atomic E-state index is 4.22. The molecule has 112 valence electrons. The summed E-state index contributed by atoms with van der Waals surface area (Å²) < 4.78 is 0. The largest absolute Gasteiger partial charge is 0.370 e. The van der Waals surface area contributed by atoms with Crippen molar-refractivity contribution < 1.29 is 0 Å². The Bertz CT molecular complexity index is 533. The Hall–Kier alpha value is -1.59. The molecule has 0 aliphatic carbocycles. The van der Waals surface area contributed by atoms with E-state index in [1.54, 1.807) is 18.1 Å². The quantitative estimate of drug-likeness (QED) is 0.461. The first-order chi connectivity index (χ1) is 10.3. The number of thioether (sulfide) groups is 1. The van der Waals surface area contributed by atoms with E-state index >= 15 is 0 Å². The molecule has 0 aliphatic heterocycles. The fourth-order valence-electron chi connectivity index (χ4n) is 2.09. The molecule has 1 aromatic carbocycles. The minimum Gasteiger partial charge on any atom is -0.370 e. The average molecular weight is 302 g/mol. The Labute approximate surface area is 131 Å². The molecule has 1 N–H and O–H groups in total. The van der Waals surface area contributed by atoms with Gasteiger partial charge in [0.25, 0.3) is 0 Å². The smallest absolute Gasteiger partial charge is 0.130 e. The predicted molar refractivity (Wildman–Crippen MR) is 89.7 cm³/mol. The molecule has 0 fully saturated rings. The first-order valence-corrected chi connectivity index (χ1v) is 8.33. The van der Waals surface area contributed by atoms with Crippen LogP contribution in [0.4, 0.5) is 5.82 Å². The Balaban J connectivity index is 1.67. The van der Waals surface area contributed by atoms with Crippen LogP contribution in [-0.4, -0.2) is 41.3 Å². The summed E-state index contributed by atoms with van der Waals surface area (Å²) in [5.41, 5.74) is 1.35. The van der Waals surface area contributed by atoms with Crippen LogP contribution in [0.5, 0.6) is 0 Å². The summed E-state index contributed by atoms with van der Waals surface area (Å²) in [4.78, 5) is 10.7. The van der Waals surface area contributed by atoms with Gasteiger partial charge in [-0.3, -0.25) is 0 Å². The second kappa shape index (κ2) is 8.64. The van der Waals surface area contributed by atoms with Crippen molar-refractivity contribution in [1.82, 2.24) is 14.9 Å². The predicted octanol–water partition coefficient (Wildman–Crippen LogP) is 3.13. The van der Waals surface area contributed by atoms with E-state index in [-0.39, 0.29) is 0 Å². The van der Waals surface area contributed by atoms with Gasteiger partial charge in [-0.25, -0.2) is 9.97 Å². The normalized spacial score (nSPS) is 10.8. The van der Waals surface area contributed by atoms with Gasteiger partial charge in [0.1, 0.15) is 17.2 Å². The molecule has 0 bridgehead atoms. The maximum absolute atomic E-state index is 4.22.